The predicted molar refractivity (Wildman–Crippen MR) is 227 cm³/mol. The SMILES string of the molecule is c1ccc(-c2ccc(-c3nc(-n4c5ccccc5c5c6c(c7c8ccccc8sc7c54)Cc4cc5ccccc5cc4C6)nc4ccccc34)cc2)cc1. The van der Waals surface area contributed by atoms with E-state index < -0.39 is 0 Å². The molecule has 11 aromatic rings. The van der Waals surface area contributed by atoms with Crippen LogP contribution >= 0.6 is 11.3 Å². The van der Waals surface area contributed by atoms with Crippen LogP contribution in [0.5, 0.6) is 0 Å². The first-order valence-corrected chi connectivity index (χ1v) is 19.4. The lowest BCUT2D eigenvalue weighted by Crippen LogP contribution is -2.09. The highest BCUT2D eigenvalue weighted by Gasteiger charge is 2.29. The summed E-state index contributed by atoms with van der Waals surface area (Å²) in [5.74, 6) is 0.697. The van der Waals surface area contributed by atoms with Crippen LogP contribution in [0.2, 0.25) is 0 Å². The highest BCUT2D eigenvalue weighted by molar-refractivity contribution is 7.26. The Morgan fingerprint density at radius 2 is 1.07 bits per heavy atom. The Labute approximate surface area is 315 Å². The van der Waals surface area contributed by atoms with Crippen molar-refractivity contribution in [3.05, 3.63) is 186 Å². The third-order valence-electron chi connectivity index (χ3n) is 11.5. The van der Waals surface area contributed by atoms with Crippen LogP contribution in [0.4, 0.5) is 0 Å². The molecule has 252 valence electrons. The molecule has 8 aromatic carbocycles. The Kier molecular flexibility index (Phi) is 6.33. The number of rotatable bonds is 3. The molecular weight excluding hydrogens is 675 g/mol. The smallest absolute Gasteiger partial charge is 0.235 e. The largest absolute Gasteiger partial charge is 0.276 e. The molecule has 0 saturated heterocycles. The molecule has 3 aromatic heterocycles. The zero-order valence-corrected chi connectivity index (χ0v) is 30.1. The fourth-order valence-electron chi connectivity index (χ4n) is 9.05. The standard InChI is InChI=1S/C50H31N3S/c1-2-12-30(13-3-1)31-22-24-32(25-23-31)47-37-16-6-9-19-42(37)51-50(52-47)53-43-20-10-7-17-38(43)45-40-28-35-26-33-14-4-5-15-34(33)27-36(35)29-41(40)46-39-18-8-11-21-44(39)54-49(46)48(45)53/h1-27H,28-29H2. The van der Waals surface area contributed by atoms with Gasteiger partial charge in [-0.25, -0.2) is 9.97 Å². The molecule has 0 atom stereocenters. The van der Waals surface area contributed by atoms with Crippen molar-refractivity contribution < 1.29 is 0 Å². The van der Waals surface area contributed by atoms with E-state index >= 15 is 0 Å². The average molecular weight is 706 g/mol. The molecule has 0 aliphatic heterocycles. The predicted octanol–water partition coefficient (Wildman–Crippen LogP) is 13.1. The molecule has 0 N–H and O–H groups in total. The minimum atomic E-state index is 0.697. The minimum absolute atomic E-state index is 0.697. The van der Waals surface area contributed by atoms with Crippen molar-refractivity contribution in [3.63, 3.8) is 0 Å². The number of hydrogen-bond donors (Lipinski definition) is 0. The van der Waals surface area contributed by atoms with Gasteiger partial charge in [-0.05, 0) is 75.2 Å². The van der Waals surface area contributed by atoms with Crippen molar-refractivity contribution in [2.24, 2.45) is 0 Å². The first kappa shape index (κ1) is 29.9. The monoisotopic (exact) mass is 705 g/mol. The van der Waals surface area contributed by atoms with Crippen LogP contribution in [0.1, 0.15) is 22.3 Å². The second-order valence-electron chi connectivity index (χ2n) is 14.5. The molecule has 3 heterocycles. The molecule has 3 nitrogen and oxygen atoms in total. The van der Waals surface area contributed by atoms with E-state index in [9.17, 15) is 0 Å². The van der Waals surface area contributed by atoms with Crippen molar-refractivity contribution in [2.45, 2.75) is 12.8 Å². The van der Waals surface area contributed by atoms with Gasteiger partial charge in [0.05, 0.1) is 26.9 Å². The number of fused-ring (bicyclic) bond motifs is 13. The number of benzene rings is 8. The first-order chi connectivity index (χ1) is 26.8. The van der Waals surface area contributed by atoms with Gasteiger partial charge in [-0.15, -0.1) is 11.3 Å². The van der Waals surface area contributed by atoms with E-state index in [0.29, 0.717) is 5.95 Å². The van der Waals surface area contributed by atoms with Gasteiger partial charge in [0.2, 0.25) is 5.95 Å². The van der Waals surface area contributed by atoms with Crippen LogP contribution < -0.4 is 0 Å². The zero-order valence-electron chi connectivity index (χ0n) is 29.3. The Bertz CT molecular complexity index is 3320. The van der Waals surface area contributed by atoms with Gasteiger partial charge in [-0.1, -0.05) is 146 Å². The van der Waals surface area contributed by atoms with Crippen LogP contribution in [0.25, 0.3) is 92.0 Å². The fourth-order valence-corrected chi connectivity index (χ4v) is 10.3. The Morgan fingerprint density at radius 3 is 1.85 bits per heavy atom. The van der Waals surface area contributed by atoms with E-state index in [4.69, 9.17) is 9.97 Å². The lowest BCUT2D eigenvalue weighted by molar-refractivity contribution is 1.01. The maximum absolute atomic E-state index is 5.52. The fraction of sp³-hybridized carbons (Fsp3) is 0.0400. The molecule has 0 bridgehead atoms. The summed E-state index contributed by atoms with van der Waals surface area (Å²) >= 11 is 1.90. The molecule has 0 unspecified atom stereocenters. The van der Waals surface area contributed by atoms with Crippen molar-refractivity contribution in [1.82, 2.24) is 14.5 Å². The molecule has 0 radical (unpaired) electrons. The van der Waals surface area contributed by atoms with Crippen LogP contribution in [0, 0.1) is 0 Å². The number of nitrogens with zero attached hydrogens (tertiary/aromatic N) is 3. The molecule has 54 heavy (non-hydrogen) atoms. The summed E-state index contributed by atoms with van der Waals surface area (Å²) in [6.07, 6.45) is 1.80. The molecular formula is C50H31N3S. The Balaban J connectivity index is 1.17. The van der Waals surface area contributed by atoms with Gasteiger partial charge >= 0.3 is 0 Å². The van der Waals surface area contributed by atoms with Gasteiger partial charge in [-0.2, -0.15) is 0 Å². The molecule has 1 aliphatic rings. The van der Waals surface area contributed by atoms with Crippen molar-refractivity contribution >= 4 is 75.0 Å². The maximum Gasteiger partial charge on any atom is 0.235 e. The highest BCUT2D eigenvalue weighted by Crippen LogP contribution is 2.49. The summed E-state index contributed by atoms with van der Waals surface area (Å²) in [6.45, 7) is 0. The Morgan fingerprint density at radius 1 is 0.481 bits per heavy atom. The summed E-state index contributed by atoms with van der Waals surface area (Å²) < 4.78 is 4.98. The summed E-state index contributed by atoms with van der Waals surface area (Å²) in [5.41, 5.74) is 13.4. The third-order valence-corrected chi connectivity index (χ3v) is 12.7. The topological polar surface area (TPSA) is 30.7 Å². The van der Waals surface area contributed by atoms with Gasteiger partial charge in [0.25, 0.3) is 0 Å². The molecule has 0 fully saturated rings. The highest BCUT2D eigenvalue weighted by atomic mass is 32.1. The Hall–Kier alpha value is -6.62. The summed E-state index contributed by atoms with van der Waals surface area (Å²) in [5, 5.41) is 8.93. The molecule has 0 amide bonds. The van der Waals surface area contributed by atoms with Crippen LogP contribution in [-0.2, 0) is 12.8 Å². The molecule has 1 aliphatic carbocycles. The quantitative estimate of drug-likeness (QED) is 0.183. The number of para-hydroxylation sites is 2. The molecule has 12 rings (SSSR count). The minimum Gasteiger partial charge on any atom is -0.276 e. The van der Waals surface area contributed by atoms with Crippen molar-refractivity contribution in [3.8, 4) is 28.3 Å². The summed E-state index contributed by atoms with van der Waals surface area (Å²) in [6, 6.07) is 59.2. The first-order valence-electron chi connectivity index (χ1n) is 18.6. The van der Waals surface area contributed by atoms with Crippen molar-refractivity contribution in [2.75, 3.05) is 0 Å². The second kappa shape index (κ2) is 11.4. The lowest BCUT2D eigenvalue weighted by Gasteiger charge is -2.23. The van der Waals surface area contributed by atoms with E-state index in [-0.39, 0.29) is 0 Å². The molecule has 0 spiro atoms. The van der Waals surface area contributed by atoms with E-state index in [1.807, 2.05) is 11.3 Å². The number of thiophene rings is 1. The van der Waals surface area contributed by atoms with Crippen LogP contribution in [-0.4, -0.2) is 14.5 Å². The summed E-state index contributed by atoms with van der Waals surface area (Å²) in [4.78, 5) is 10.9. The zero-order chi connectivity index (χ0) is 35.3. The van der Waals surface area contributed by atoms with E-state index in [1.54, 1.807) is 0 Å². The number of aromatic nitrogens is 3. The maximum atomic E-state index is 5.52. The van der Waals surface area contributed by atoms with Gasteiger partial charge < -0.3 is 0 Å². The van der Waals surface area contributed by atoms with Gasteiger partial charge in [-0.3, -0.25) is 4.57 Å². The van der Waals surface area contributed by atoms with E-state index in [0.717, 1.165) is 40.5 Å². The van der Waals surface area contributed by atoms with Gasteiger partial charge in [0, 0.05) is 37.2 Å². The molecule has 0 saturated carbocycles. The van der Waals surface area contributed by atoms with Gasteiger partial charge in [0.1, 0.15) is 0 Å². The summed E-state index contributed by atoms with van der Waals surface area (Å²) in [7, 11) is 0. The lowest BCUT2D eigenvalue weighted by atomic mass is 9.81. The molecule has 4 heteroatoms. The average Bonchev–Trinajstić information content (AvgIpc) is 3.79. The van der Waals surface area contributed by atoms with Crippen LogP contribution in [0.15, 0.2) is 164 Å². The normalized spacial score (nSPS) is 12.7. The van der Waals surface area contributed by atoms with E-state index in [1.165, 1.54) is 80.6 Å². The number of hydrogen-bond acceptors (Lipinski definition) is 3. The van der Waals surface area contributed by atoms with Crippen molar-refractivity contribution in [1.29, 1.82) is 0 Å². The van der Waals surface area contributed by atoms with Gasteiger partial charge in [0.15, 0.2) is 0 Å². The van der Waals surface area contributed by atoms with Crippen LogP contribution in [0.3, 0.4) is 0 Å². The van der Waals surface area contributed by atoms with E-state index in [2.05, 4.69) is 168 Å². The third kappa shape index (κ3) is 4.35. The second-order valence-corrected chi connectivity index (χ2v) is 15.5.